The van der Waals surface area contributed by atoms with E-state index in [0.717, 1.165) is 19.6 Å². The van der Waals surface area contributed by atoms with E-state index in [1.165, 1.54) is 12.8 Å². The van der Waals surface area contributed by atoms with Gasteiger partial charge < -0.3 is 10.2 Å². The standard InChI is InChI=1S/C13H24N2O/c1-10(2)7-15-9-13(5-6-13)8-14-12(3,4)11(15)16/h10,14H,5-9H2,1-4H3. The summed E-state index contributed by atoms with van der Waals surface area (Å²) in [5.41, 5.74) is 0.0132. The van der Waals surface area contributed by atoms with E-state index in [1.54, 1.807) is 0 Å². The molecule has 3 heteroatoms. The number of nitrogens with zero attached hydrogens (tertiary/aromatic N) is 1. The second-order valence-corrected chi connectivity index (χ2v) is 6.56. The molecule has 1 N–H and O–H groups in total. The molecule has 0 radical (unpaired) electrons. The van der Waals surface area contributed by atoms with Gasteiger partial charge in [0.2, 0.25) is 5.91 Å². The van der Waals surface area contributed by atoms with Crippen LogP contribution in [-0.2, 0) is 4.79 Å². The van der Waals surface area contributed by atoms with Crippen LogP contribution in [0.1, 0.15) is 40.5 Å². The molecule has 0 aromatic rings. The second-order valence-electron chi connectivity index (χ2n) is 6.56. The van der Waals surface area contributed by atoms with Gasteiger partial charge >= 0.3 is 0 Å². The molecule has 0 unspecified atom stereocenters. The third kappa shape index (κ3) is 2.24. The number of rotatable bonds is 2. The number of carbonyl (C=O) groups excluding carboxylic acids is 1. The zero-order valence-electron chi connectivity index (χ0n) is 11.0. The third-order valence-electron chi connectivity index (χ3n) is 3.80. The fraction of sp³-hybridized carbons (Fsp3) is 0.923. The SMILES string of the molecule is CC(C)CN1CC2(CC2)CNC(C)(C)C1=O. The van der Waals surface area contributed by atoms with Crippen LogP contribution in [0.5, 0.6) is 0 Å². The van der Waals surface area contributed by atoms with Gasteiger partial charge in [-0.1, -0.05) is 13.8 Å². The third-order valence-corrected chi connectivity index (χ3v) is 3.80. The molecule has 0 bridgehead atoms. The van der Waals surface area contributed by atoms with Crippen LogP contribution >= 0.6 is 0 Å². The number of hydrogen-bond acceptors (Lipinski definition) is 2. The highest BCUT2D eigenvalue weighted by molar-refractivity contribution is 5.86. The Morgan fingerprint density at radius 2 is 2.00 bits per heavy atom. The first-order valence-corrected chi connectivity index (χ1v) is 6.39. The molecule has 16 heavy (non-hydrogen) atoms. The van der Waals surface area contributed by atoms with E-state index in [1.807, 2.05) is 13.8 Å². The van der Waals surface area contributed by atoms with Crippen molar-refractivity contribution in [2.45, 2.75) is 46.1 Å². The summed E-state index contributed by atoms with van der Waals surface area (Å²) in [6.45, 7) is 11.2. The maximum absolute atomic E-state index is 12.4. The first kappa shape index (κ1) is 11.9. The van der Waals surface area contributed by atoms with Gasteiger partial charge in [-0.2, -0.15) is 0 Å². The number of carbonyl (C=O) groups is 1. The van der Waals surface area contributed by atoms with Crippen molar-refractivity contribution in [1.29, 1.82) is 0 Å². The summed E-state index contributed by atoms with van der Waals surface area (Å²) in [5, 5.41) is 3.44. The molecule has 1 spiro atoms. The van der Waals surface area contributed by atoms with Crippen LogP contribution in [0.2, 0.25) is 0 Å². The maximum atomic E-state index is 12.4. The molecule has 3 nitrogen and oxygen atoms in total. The lowest BCUT2D eigenvalue weighted by molar-refractivity contribution is -0.136. The Labute approximate surface area is 98.6 Å². The van der Waals surface area contributed by atoms with Crippen LogP contribution in [0.3, 0.4) is 0 Å². The molecule has 92 valence electrons. The van der Waals surface area contributed by atoms with E-state index in [9.17, 15) is 4.79 Å². The highest BCUT2D eigenvalue weighted by Crippen LogP contribution is 2.47. The number of hydrogen-bond donors (Lipinski definition) is 1. The zero-order valence-corrected chi connectivity index (χ0v) is 11.0. The zero-order chi connectivity index (χ0) is 12.0. The second kappa shape index (κ2) is 3.73. The molecule has 2 aliphatic rings. The lowest BCUT2D eigenvalue weighted by Gasteiger charge is -2.30. The van der Waals surface area contributed by atoms with Gasteiger partial charge in [0, 0.05) is 25.0 Å². The Balaban J connectivity index is 2.15. The van der Waals surface area contributed by atoms with Gasteiger partial charge in [-0.15, -0.1) is 0 Å². The molecular formula is C13H24N2O. The summed E-state index contributed by atoms with van der Waals surface area (Å²) in [6.07, 6.45) is 2.55. The van der Waals surface area contributed by atoms with E-state index in [-0.39, 0.29) is 11.4 Å². The smallest absolute Gasteiger partial charge is 0.242 e. The van der Waals surface area contributed by atoms with Crippen LogP contribution in [0, 0.1) is 11.3 Å². The van der Waals surface area contributed by atoms with Crippen LogP contribution < -0.4 is 5.32 Å². The van der Waals surface area contributed by atoms with E-state index < -0.39 is 0 Å². The van der Waals surface area contributed by atoms with E-state index >= 15 is 0 Å². The Bertz CT molecular complexity index is 292. The summed E-state index contributed by atoms with van der Waals surface area (Å²) >= 11 is 0. The normalized spacial score (nSPS) is 27.3. The van der Waals surface area contributed by atoms with E-state index in [0.29, 0.717) is 11.3 Å². The van der Waals surface area contributed by atoms with Crippen LogP contribution in [0.25, 0.3) is 0 Å². The molecule has 2 fully saturated rings. The minimum atomic E-state index is -0.388. The minimum absolute atomic E-state index is 0.268. The summed E-state index contributed by atoms with van der Waals surface area (Å²) in [7, 11) is 0. The molecule has 1 saturated heterocycles. The average Bonchev–Trinajstić information content (AvgIpc) is 2.93. The quantitative estimate of drug-likeness (QED) is 0.773. The Hall–Kier alpha value is -0.570. The molecule has 1 heterocycles. The predicted octanol–water partition coefficient (Wildman–Crippen LogP) is 1.63. The van der Waals surface area contributed by atoms with Crippen molar-refractivity contribution in [3.63, 3.8) is 0 Å². The number of amides is 1. The van der Waals surface area contributed by atoms with Gasteiger partial charge in [0.1, 0.15) is 0 Å². The number of nitrogens with one attached hydrogen (secondary N) is 1. The van der Waals surface area contributed by atoms with Gasteiger partial charge in [-0.25, -0.2) is 0 Å². The topological polar surface area (TPSA) is 32.3 Å². The van der Waals surface area contributed by atoms with Crippen molar-refractivity contribution in [3.8, 4) is 0 Å². The molecule has 1 saturated carbocycles. The van der Waals surface area contributed by atoms with Gasteiger partial charge in [-0.3, -0.25) is 4.79 Å². The van der Waals surface area contributed by atoms with Crippen molar-refractivity contribution >= 4 is 5.91 Å². The van der Waals surface area contributed by atoms with E-state index in [4.69, 9.17) is 0 Å². The highest BCUT2D eigenvalue weighted by Gasteiger charge is 2.49. The van der Waals surface area contributed by atoms with Gasteiger partial charge in [0.25, 0.3) is 0 Å². The molecular weight excluding hydrogens is 200 g/mol. The minimum Gasteiger partial charge on any atom is -0.340 e. The highest BCUT2D eigenvalue weighted by atomic mass is 16.2. The maximum Gasteiger partial charge on any atom is 0.242 e. The lowest BCUT2D eigenvalue weighted by atomic mass is 10.0. The summed E-state index contributed by atoms with van der Waals surface area (Å²) in [5.74, 6) is 0.818. The van der Waals surface area contributed by atoms with Crippen LogP contribution in [0.4, 0.5) is 0 Å². The molecule has 0 aromatic heterocycles. The molecule has 0 atom stereocenters. The summed E-state index contributed by atoms with van der Waals surface area (Å²) < 4.78 is 0. The van der Waals surface area contributed by atoms with Gasteiger partial charge in [0.05, 0.1) is 5.54 Å². The van der Waals surface area contributed by atoms with Crippen molar-refractivity contribution in [2.24, 2.45) is 11.3 Å². The molecule has 0 aromatic carbocycles. The average molecular weight is 224 g/mol. The monoisotopic (exact) mass is 224 g/mol. The van der Waals surface area contributed by atoms with Crippen LogP contribution in [-0.4, -0.2) is 36.0 Å². The van der Waals surface area contributed by atoms with Crippen molar-refractivity contribution < 1.29 is 4.79 Å². The molecule has 1 aliphatic carbocycles. The Kier molecular flexibility index (Phi) is 2.77. The van der Waals surface area contributed by atoms with Crippen molar-refractivity contribution in [1.82, 2.24) is 10.2 Å². The van der Waals surface area contributed by atoms with E-state index in [2.05, 4.69) is 24.1 Å². The van der Waals surface area contributed by atoms with Crippen molar-refractivity contribution in [2.75, 3.05) is 19.6 Å². The van der Waals surface area contributed by atoms with Gasteiger partial charge in [-0.05, 0) is 32.6 Å². The first-order valence-electron chi connectivity index (χ1n) is 6.39. The van der Waals surface area contributed by atoms with Crippen molar-refractivity contribution in [3.05, 3.63) is 0 Å². The fourth-order valence-corrected chi connectivity index (χ4v) is 2.51. The molecule has 1 aliphatic heterocycles. The van der Waals surface area contributed by atoms with Crippen LogP contribution in [0.15, 0.2) is 0 Å². The largest absolute Gasteiger partial charge is 0.340 e. The lowest BCUT2D eigenvalue weighted by Crippen LogP contribution is -2.52. The Morgan fingerprint density at radius 3 is 2.50 bits per heavy atom. The fourth-order valence-electron chi connectivity index (χ4n) is 2.51. The predicted molar refractivity (Wildman–Crippen MR) is 65.2 cm³/mol. The summed E-state index contributed by atoms with van der Waals surface area (Å²) in [4.78, 5) is 14.5. The molecule has 1 amide bonds. The van der Waals surface area contributed by atoms with Gasteiger partial charge in [0.15, 0.2) is 0 Å². The molecule has 2 rings (SSSR count). The Morgan fingerprint density at radius 1 is 1.38 bits per heavy atom. The first-order chi connectivity index (χ1) is 7.35. The summed E-state index contributed by atoms with van der Waals surface area (Å²) in [6, 6.07) is 0.